The van der Waals surface area contributed by atoms with Crippen LogP contribution < -0.4 is 5.01 Å². The van der Waals surface area contributed by atoms with E-state index in [0.29, 0.717) is 33.8 Å². The van der Waals surface area contributed by atoms with Crippen molar-refractivity contribution in [3.05, 3.63) is 83.8 Å². The Morgan fingerprint density at radius 3 is 2.09 bits per heavy atom. The van der Waals surface area contributed by atoms with Crippen molar-refractivity contribution in [3.8, 4) is 0 Å². The van der Waals surface area contributed by atoms with Crippen LogP contribution in [0.15, 0.2) is 77.8 Å². The fraction of sp³-hybridized carbons (Fsp3) is 0.385. The van der Waals surface area contributed by atoms with Gasteiger partial charge in [0, 0.05) is 18.2 Å². The number of aromatic nitrogens is 1. The maximum absolute atomic E-state index is 14.9. The number of nitrogens with zero attached hydrogens (tertiary/aromatic N) is 3. The maximum atomic E-state index is 14.9. The van der Waals surface area contributed by atoms with E-state index in [1.807, 2.05) is 0 Å². The molecule has 0 saturated heterocycles. The third-order valence-electron chi connectivity index (χ3n) is 5.43. The lowest BCUT2D eigenvalue weighted by Gasteiger charge is -2.40. The standard InChI is InChI=1S/C26H29F4N3/c1-17-21(23(24(2,3)4)26(6,29)30)14-22(32-33(17)20-8-7-13-31-16-20)19-11-9-18(10-12-19)15-25(5,27)28/h7-14,16,23H,1,15H2,2-6H3. The van der Waals surface area contributed by atoms with E-state index in [1.54, 1.807) is 75.6 Å². The molecule has 1 aliphatic rings. The highest BCUT2D eigenvalue weighted by atomic mass is 19.3. The summed E-state index contributed by atoms with van der Waals surface area (Å²) < 4.78 is 56.5. The first kappa shape index (κ1) is 24.7. The van der Waals surface area contributed by atoms with E-state index < -0.39 is 23.2 Å². The lowest BCUT2D eigenvalue weighted by Crippen LogP contribution is -2.40. The van der Waals surface area contributed by atoms with Crippen LogP contribution in [0, 0.1) is 11.3 Å². The predicted octanol–water partition coefficient (Wildman–Crippen LogP) is 7.26. The molecule has 7 heteroatoms. The second-order valence-electron chi connectivity index (χ2n) is 9.75. The topological polar surface area (TPSA) is 28.5 Å². The number of hydrogen-bond acceptors (Lipinski definition) is 3. The number of alkyl halides is 4. The van der Waals surface area contributed by atoms with Crippen LogP contribution in [-0.2, 0) is 6.42 Å². The molecule has 0 spiro atoms. The normalized spacial score (nSPS) is 16.4. The third-order valence-corrected chi connectivity index (χ3v) is 5.43. The van der Waals surface area contributed by atoms with Gasteiger partial charge in [-0.3, -0.25) is 4.98 Å². The largest absolute Gasteiger partial charge is 0.262 e. The van der Waals surface area contributed by atoms with E-state index in [2.05, 4.69) is 16.7 Å². The van der Waals surface area contributed by atoms with Crippen molar-refractivity contribution in [2.75, 3.05) is 5.01 Å². The molecular weight excluding hydrogens is 430 g/mol. The number of anilines is 1. The van der Waals surface area contributed by atoms with Crippen molar-refractivity contribution in [1.82, 2.24) is 4.98 Å². The molecule has 3 nitrogen and oxygen atoms in total. The minimum absolute atomic E-state index is 0.343. The predicted molar refractivity (Wildman–Crippen MR) is 125 cm³/mol. The highest BCUT2D eigenvalue weighted by Gasteiger charge is 2.46. The number of pyridine rings is 1. The summed E-state index contributed by atoms with van der Waals surface area (Å²) in [5.41, 5.74) is 2.07. The fourth-order valence-electron chi connectivity index (χ4n) is 4.29. The summed E-state index contributed by atoms with van der Waals surface area (Å²) >= 11 is 0. The molecule has 0 N–H and O–H groups in total. The van der Waals surface area contributed by atoms with Crippen LogP contribution in [0.4, 0.5) is 23.2 Å². The van der Waals surface area contributed by atoms with Crippen molar-refractivity contribution in [2.45, 2.75) is 52.9 Å². The zero-order valence-electron chi connectivity index (χ0n) is 19.5. The Kier molecular flexibility index (Phi) is 6.55. The SMILES string of the molecule is C=C1C(C(C(C)(C)C)C(C)(F)F)=CC(c2ccc(CC(C)(F)F)cc2)=NN1c1cccnc1. The van der Waals surface area contributed by atoms with E-state index in [0.717, 1.165) is 13.8 Å². The Hall–Kier alpha value is -2.96. The van der Waals surface area contributed by atoms with Gasteiger partial charge in [0.05, 0.1) is 29.2 Å². The van der Waals surface area contributed by atoms with Crippen LogP contribution >= 0.6 is 0 Å². The molecule has 33 heavy (non-hydrogen) atoms. The zero-order chi connectivity index (χ0) is 24.6. The molecule has 0 bridgehead atoms. The van der Waals surface area contributed by atoms with Crippen LogP contribution in [-0.4, -0.2) is 22.5 Å². The summed E-state index contributed by atoms with van der Waals surface area (Å²) in [5.74, 6) is -6.98. The summed E-state index contributed by atoms with van der Waals surface area (Å²) in [4.78, 5) is 4.11. The third kappa shape index (κ3) is 5.89. The fourth-order valence-corrected chi connectivity index (χ4v) is 4.29. The Bertz CT molecular complexity index is 1040. The van der Waals surface area contributed by atoms with Crippen LogP contribution in [0.2, 0.25) is 0 Å². The van der Waals surface area contributed by atoms with E-state index in [9.17, 15) is 17.6 Å². The lowest BCUT2D eigenvalue weighted by molar-refractivity contribution is -0.0635. The van der Waals surface area contributed by atoms with Gasteiger partial charge in [-0.25, -0.2) is 22.6 Å². The average molecular weight is 460 g/mol. The van der Waals surface area contributed by atoms with Crippen molar-refractivity contribution < 1.29 is 17.6 Å². The van der Waals surface area contributed by atoms with Crippen LogP contribution in [0.25, 0.3) is 0 Å². The minimum Gasteiger partial charge on any atom is -0.262 e. The summed E-state index contributed by atoms with van der Waals surface area (Å²) in [6, 6.07) is 10.1. The second kappa shape index (κ2) is 8.76. The molecule has 0 aliphatic carbocycles. The molecule has 2 heterocycles. The molecule has 0 saturated carbocycles. The molecule has 2 aromatic rings. The first-order valence-electron chi connectivity index (χ1n) is 10.7. The van der Waals surface area contributed by atoms with Crippen molar-refractivity contribution in [3.63, 3.8) is 0 Å². The average Bonchev–Trinajstić information content (AvgIpc) is 2.67. The zero-order valence-corrected chi connectivity index (χ0v) is 19.5. The van der Waals surface area contributed by atoms with Gasteiger partial charge in [0.1, 0.15) is 0 Å². The molecule has 3 rings (SSSR count). The Balaban J connectivity index is 2.12. The molecule has 1 atom stereocenters. The van der Waals surface area contributed by atoms with Crippen molar-refractivity contribution in [1.29, 1.82) is 0 Å². The molecule has 0 fully saturated rings. The first-order valence-corrected chi connectivity index (χ1v) is 10.7. The number of rotatable bonds is 6. The van der Waals surface area contributed by atoms with Crippen molar-refractivity contribution >= 4 is 11.4 Å². The summed E-state index contributed by atoms with van der Waals surface area (Å²) in [6.07, 6.45) is 4.44. The van der Waals surface area contributed by atoms with Gasteiger partial charge < -0.3 is 0 Å². The molecule has 0 radical (unpaired) electrons. The minimum atomic E-state index is -3.02. The van der Waals surface area contributed by atoms with Gasteiger partial charge in [0.25, 0.3) is 5.92 Å². The maximum Gasteiger partial charge on any atom is 0.252 e. The smallest absolute Gasteiger partial charge is 0.252 e. The molecule has 1 aromatic heterocycles. The number of allylic oxidation sites excluding steroid dienone is 2. The Morgan fingerprint density at radius 1 is 0.970 bits per heavy atom. The van der Waals surface area contributed by atoms with Crippen LogP contribution in [0.1, 0.15) is 45.7 Å². The number of hydrazone groups is 1. The van der Waals surface area contributed by atoms with Crippen LogP contribution in [0.5, 0.6) is 0 Å². The van der Waals surface area contributed by atoms with Crippen molar-refractivity contribution in [2.24, 2.45) is 16.4 Å². The van der Waals surface area contributed by atoms with Crippen LogP contribution in [0.3, 0.4) is 0 Å². The number of hydrogen-bond donors (Lipinski definition) is 0. The van der Waals surface area contributed by atoms with Gasteiger partial charge in [-0.05, 0) is 48.6 Å². The summed E-state index contributed by atoms with van der Waals surface area (Å²) in [6.45, 7) is 11.2. The van der Waals surface area contributed by atoms with E-state index in [-0.39, 0.29) is 6.42 Å². The molecule has 1 aromatic carbocycles. The van der Waals surface area contributed by atoms with Gasteiger partial charge in [-0.15, -0.1) is 0 Å². The summed E-state index contributed by atoms with van der Waals surface area (Å²) in [5, 5.41) is 6.16. The Morgan fingerprint density at radius 2 is 1.61 bits per heavy atom. The number of halogens is 4. The van der Waals surface area contributed by atoms with E-state index in [1.165, 1.54) is 5.01 Å². The molecule has 0 amide bonds. The lowest BCUT2D eigenvalue weighted by atomic mass is 9.71. The second-order valence-corrected chi connectivity index (χ2v) is 9.75. The number of benzene rings is 1. The molecular formula is C26H29F4N3. The van der Waals surface area contributed by atoms with E-state index >= 15 is 0 Å². The van der Waals surface area contributed by atoms with Gasteiger partial charge in [-0.2, -0.15) is 5.10 Å². The van der Waals surface area contributed by atoms with Gasteiger partial charge >= 0.3 is 0 Å². The monoisotopic (exact) mass is 459 g/mol. The van der Waals surface area contributed by atoms with E-state index in [4.69, 9.17) is 0 Å². The molecule has 1 unspecified atom stereocenters. The van der Waals surface area contributed by atoms with Gasteiger partial charge in [0.15, 0.2) is 0 Å². The Labute approximate surface area is 192 Å². The molecule has 176 valence electrons. The quantitative estimate of drug-likeness (QED) is 0.425. The van der Waals surface area contributed by atoms with Gasteiger partial charge in [0.2, 0.25) is 5.92 Å². The first-order chi connectivity index (χ1) is 15.2. The molecule has 1 aliphatic heterocycles. The highest BCUT2D eigenvalue weighted by Crippen LogP contribution is 2.47. The highest BCUT2D eigenvalue weighted by molar-refractivity contribution is 6.11. The van der Waals surface area contributed by atoms with Gasteiger partial charge in [-0.1, -0.05) is 51.6 Å². The summed E-state index contributed by atoms with van der Waals surface area (Å²) in [7, 11) is 0.